The highest BCUT2D eigenvalue weighted by atomic mass is 16.5. The maximum absolute atomic E-state index is 12.1. The summed E-state index contributed by atoms with van der Waals surface area (Å²) in [5.41, 5.74) is 0.850. The Labute approximate surface area is 150 Å². The van der Waals surface area contributed by atoms with Crippen molar-refractivity contribution in [3.63, 3.8) is 0 Å². The van der Waals surface area contributed by atoms with Crippen molar-refractivity contribution in [1.82, 2.24) is 10.6 Å². The molecular weight excluding hydrogens is 334 g/mol. The smallest absolute Gasteiger partial charge is 0.322 e. The third kappa shape index (κ3) is 3.51. The number of aryl methyl sites for hydroxylation is 1. The van der Waals surface area contributed by atoms with E-state index in [0.29, 0.717) is 17.0 Å². The number of imide groups is 1. The van der Waals surface area contributed by atoms with Crippen molar-refractivity contribution in [2.75, 3.05) is 11.9 Å². The van der Waals surface area contributed by atoms with Gasteiger partial charge in [-0.3, -0.25) is 14.9 Å². The van der Waals surface area contributed by atoms with Gasteiger partial charge in [0, 0.05) is 5.69 Å². The Morgan fingerprint density at radius 3 is 2.62 bits per heavy atom. The van der Waals surface area contributed by atoms with Crippen LogP contribution in [0.25, 0.3) is 0 Å². The fraction of sp³-hybridized carbons (Fsp3) is 0.211. The Morgan fingerprint density at radius 1 is 1.15 bits per heavy atom. The zero-order valence-electron chi connectivity index (χ0n) is 14.5. The van der Waals surface area contributed by atoms with E-state index in [0.717, 1.165) is 5.56 Å². The van der Waals surface area contributed by atoms with Crippen LogP contribution in [-0.4, -0.2) is 24.5 Å². The van der Waals surface area contributed by atoms with E-state index in [1.165, 1.54) is 0 Å². The highest BCUT2D eigenvalue weighted by molar-refractivity contribution is 6.07. The maximum Gasteiger partial charge on any atom is 0.322 e. The third-order valence-corrected chi connectivity index (χ3v) is 4.22. The molecule has 1 aliphatic heterocycles. The van der Waals surface area contributed by atoms with Gasteiger partial charge >= 0.3 is 6.03 Å². The minimum atomic E-state index is -1.17. The van der Waals surface area contributed by atoms with Gasteiger partial charge in [0.05, 0.1) is 0 Å². The molecule has 2 aromatic carbocycles. The molecule has 3 rings (SSSR count). The first kappa shape index (κ1) is 17.5. The fourth-order valence-corrected chi connectivity index (χ4v) is 2.71. The molecule has 0 unspecified atom stereocenters. The minimum absolute atomic E-state index is 0.135. The number of carbonyl (C=O) groups is 3. The number of amides is 4. The normalized spacial score (nSPS) is 18.8. The molecule has 7 heteroatoms. The Hall–Kier alpha value is -3.35. The van der Waals surface area contributed by atoms with Gasteiger partial charge in [0.25, 0.3) is 11.8 Å². The van der Waals surface area contributed by atoms with E-state index in [9.17, 15) is 14.4 Å². The van der Waals surface area contributed by atoms with Crippen LogP contribution in [0.3, 0.4) is 0 Å². The van der Waals surface area contributed by atoms with Crippen LogP contribution < -0.4 is 20.7 Å². The van der Waals surface area contributed by atoms with Crippen LogP contribution in [0.5, 0.6) is 5.75 Å². The molecule has 1 fully saturated rings. The second-order valence-electron chi connectivity index (χ2n) is 6.22. The standard InChI is InChI=1S/C19H19N3O4/c1-12-6-3-4-9-15(12)26-11-16(23)20-14-8-5-7-13(10-14)19(2)17(24)21-18(25)22-19/h3-10H,11H2,1-2H3,(H,20,23)(H2,21,22,24,25)/t19-/m1/s1. The molecule has 0 radical (unpaired) electrons. The predicted octanol–water partition coefficient (Wildman–Crippen LogP) is 2.07. The summed E-state index contributed by atoms with van der Waals surface area (Å²) in [6, 6.07) is 13.7. The third-order valence-electron chi connectivity index (χ3n) is 4.22. The largest absolute Gasteiger partial charge is 0.483 e. The maximum atomic E-state index is 12.1. The summed E-state index contributed by atoms with van der Waals surface area (Å²) in [6.07, 6.45) is 0. The van der Waals surface area contributed by atoms with Gasteiger partial charge in [-0.05, 0) is 43.2 Å². The first-order valence-corrected chi connectivity index (χ1v) is 8.11. The van der Waals surface area contributed by atoms with Gasteiger partial charge in [0.2, 0.25) is 0 Å². The summed E-state index contributed by atoms with van der Waals surface area (Å²) in [4.78, 5) is 35.6. The average Bonchev–Trinajstić information content (AvgIpc) is 2.87. The predicted molar refractivity (Wildman–Crippen MR) is 95.8 cm³/mol. The highest BCUT2D eigenvalue weighted by Crippen LogP contribution is 2.26. The van der Waals surface area contributed by atoms with E-state index in [1.54, 1.807) is 37.3 Å². The number of para-hydroxylation sites is 1. The lowest BCUT2D eigenvalue weighted by molar-refractivity contribution is -0.123. The summed E-state index contributed by atoms with van der Waals surface area (Å²) >= 11 is 0. The number of benzene rings is 2. The Morgan fingerprint density at radius 2 is 1.92 bits per heavy atom. The molecule has 1 aliphatic rings. The van der Waals surface area contributed by atoms with Crippen LogP contribution >= 0.6 is 0 Å². The summed E-state index contributed by atoms with van der Waals surface area (Å²) in [6.45, 7) is 3.37. The molecule has 0 spiro atoms. The minimum Gasteiger partial charge on any atom is -0.483 e. The quantitative estimate of drug-likeness (QED) is 0.717. The van der Waals surface area contributed by atoms with Gasteiger partial charge in [0.1, 0.15) is 11.3 Å². The number of urea groups is 1. The van der Waals surface area contributed by atoms with Gasteiger partial charge in [0.15, 0.2) is 6.61 Å². The molecule has 7 nitrogen and oxygen atoms in total. The highest BCUT2D eigenvalue weighted by Gasteiger charge is 2.43. The Kier molecular flexibility index (Phi) is 4.62. The van der Waals surface area contributed by atoms with Gasteiger partial charge < -0.3 is 15.4 Å². The SMILES string of the molecule is Cc1ccccc1OCC(=O)Nc1cccc([C@@]2(C)NC(=O)NC2=O)c1. The van der Waals surface area contributed by atoms with Gasteiger partial charge in [-0.25, -0.2) is 4.79 Å². The number of ether oxygens (including phenoxy) is 1. The van der Waals surface area contributed by atoms with E-state index in [1.807, 2.05) is 25.1 Å². The number of carbonyl (C=O) groups excluding carboxylic acids is 3. The molecular formula is C19H19N3O4. The van der Waals surface area contributed by atoms with E-state index in [2.05, 4.69) is 16.0 Å². The molecule has 0 aromatic heterocycles. The monoisotopic (exact) mass is 353 g/mol. The number of hydrogen-bond acceptors (Lipinski definition) is 4. The fourth-order valence-electron chi connectivity index (χ4n) is 2.71. The van der Waals surface area contributed by atoms with Gasteiger partial charge in [-0.15, -0.1) is 0 Å². The number of rotatable bonds is 5. The van der Waals surface area contributed by atoms with Crippen molar-refractivity contribution in [2.45, 2.75) is 19.4 Å². The van der Waals surface area contributed by atoms with Gasteiger partial charge in [-0.1, -0.05) is 30.3 Å². The van der Waals surface area contributed by atoms with Crippen molar-refractivity contribution in [3.05, 3.63) is 59.7 Å². The van der Waals surface area contributed by atoms with Crippen LogP contribution in [0.1, 0.15) is 18.1 Å². The van der Waals surface area contributed by atoms with E-state index in [-0.39, 0.29) is 12.5 Å². The van der Waals surface area contributed by atoms with Crippen molar-refractivity contribution in [2.24, 2.45) is 0 Å². The van der Waals surface area contributed by atoms with E-state index < -0.39 is 17.5 Å². The number of hydrogen-bond donors (Lipinski definition) is 3. The van der Waals surface area contributed by atoms with Crippen molar-refractivity contribution < 1.29 is 19.1 Å². The topological polar surface area (TPSA) is 96.5 Å². The summed E-state index contributed by atoms with van der Waals surface area (Å²) in [5.74, 6) is -0.112. The lowest BCUT2D eigenvalue weighted by Crippen LogP contribution is -2.40. The molecule has 1 atom stereocenters. The zero-order chi connectivity index (χ0) is 18.7. The molecule has 0 bridgehead atoms. The van der Waals surface area contributed by atoms with Crippen molar-refractivity contribution in [3.8, 4) is 5.75 Å². The Balaban J connectivity index is 1.67. The first-order valence-electron chi connectivity index (χ1n) is 8.11. The molecule has 2 aromatic rings. The summed E-state index contributed by atoms with van der Waals surface area (Å²) in [5, 5.41) is 7.54. The Bertz CT molecular complexity index is 881. The zero-order valence-corrected chi connectivity index (χ0v) is 14.5. The van der Waals surface area contributed by atoms with Crippen LogP contribution in [0.2, 0.25) is 0 Å². The second-order valence-corrected chi connectivity index (χ2v) is 6.22. The second kappa shape index (κ2) is 6.87. The molecule has 4 amide bonds. The number of anilines is 1. The van der Waals surface area contributed by atoms with Gasteiger partial charge in [-0.2, -0.15) is 0 Å². The molecule has 3 N–H and O–H groups in total. The molecule has 0 saturated carbocycles. The van der Waals surface area contributed by atoms with Crippen molar-refractivity contribution in [1.29, 1.82) is 0 Å². The number of nitrogens with one attached hydrogen (secondary N) is 3. The van der Waals surface area contributed by atoms with Crippen LogP contribution in [0, 0.1) is 6.92 Å². The molecule has 0 aliphatic carbocycles. The summed E-state index contributed by atoms with van der Waals surface area (Å²) < 4.78 is 5.52. The van der Waals surface area contributed by atoms with Crippen molar-refractivity contribution >= 4 is 23.5 Å². The average molecular weight is 353 g/mol. The summed E-state index contributed by atoms with van der Waals surface area (Å²) in [7, 11) is 0. The lowest BCUT2D eigenvalue weighted by atomic mass is 9.92. The van der Waals surface area contributed by atoms with E-state index >= 15 is 0 Å². The first-order chi connectivity index (χ1) is 12.4. The molecule has 1 heterocycles. The molecule has 1 saturated heterocycles. The molecule has 134 valence electrons. The van der Waals surface area contributed by atoms with E-state index in [4.69, 9.17) is 4.74 Å². The van der Waals surface area contributed by atoms with Crippen LogP contribution in [0.4, 0.5) is 10.5 Å². The van der Waals surface area contributed by atoms with Crippen LogP contribution in [0.15, 0.2) is 48.5 Å². The lowest BCUT2D eigenvalue weighted by Gasteiger charge is -2.21. The van der Waals surface area contributed by atoms with Crippen LogP contribution in [-0.2, 0) is 15.1 Å². The molecule has 26 heavy (non-hydrogen) atoms.